The Kier molecular flexibility index (Phi) is 2.60. The molecule has 0 aliphatic carbocycles. The number of carbonyl (C=O) groups is 1. The van der Waals surface area contributed by atoms with Gasteiger partial charge in [-0.2, -0.15) is 0 Å². The van der Waals surface area contributed by atoms with Crippen LogP contribution in [0.3, 0.4) is 0 Å². The van der Waals surface area contributed by atoms with Crippen LogP contribution in [0.1, 0.15) is 16.2 Å². The Hall–Kier alpha value is -1.62. The van der Waals surface area contributed by atoms with Gasteiger partial charge >= 0.3 is 0 Å². The van der Waals surface area contributed by atoms with Crippen molar-refractivity contribution in [3.05, 3.63) is 40.7 Å². The predicted molar refractivity (Wildman–Crippen MR) is 52.0 cm³/mol. The van der Waals surface area contributed by atoms with Gasteiger partial charge in [-0.1, -0.05) is 0 Å². The number of aromatic nitrogens is 1. The lowest BCUT2D eigenvalue weighted by Gasteiger charge is -1.99. The molecule has 0 aliphatic rings. The zero-order valence-electron chi connectivity index (χ0n) is 7.27. The standard InChI is InChI=1S/C9H8N2O2S/c12-9(8-2-1-3-13-8)10-4-7-5-14-6-11-7/h1-3,5-6H,4H2,(H,10,12). The fourth-order valence-electron chi connectivity index (χ4n) is 0.991. The molecule has 0 unspecified atom stereocenters. The van der Waals surface area contributed by atoms with E-state index in [1.165, 1.54) is 17.6 Å². The molecule has 0 saturated carbocycles. The summed E-state index contributed by atoms with van der Waals surface area (Å²) in [6.45, 7) is 0.434. The fraction of sp³-hybridized carbons (Fsp3) is 0.111. The first kappa shape index (κ1) is 8.96. The van der Waals surface area contributed by atoms with Crippen LogP contribution in [0.4, 0.5) is 0 Å². The van der Waals surface area contributed by atoms with Crippen LogP contribution in [0, 0.1) is 0 Å². The summed E-state index contributed by atoms with van der Waals surface area (Å²) in [5, 5.41) is 4.59. The lowest BCUT2D eigenvalue weighted by molar-refractivity contribution is 0.0923. The van der Waals surface area contributed by atoms with E-state index in [0.29, 0.717) is 12.3 Å². The fourth-order valence-corrected chi connectivity index (χ4v) is 1.55. The van der Waals surface area contributed by atoms with Crippen LogP contribution in [-0.4, -0.2) is 10.9 Å². The second-order valence-electron chi connectivity index (χ2n) is 2.64. The average molecular weight is 208 g/mol. The molecule has 2 heterocycles. The maximum Gasteiger partial charge on any atom is 0.287 e. The van der Waals surface area contributed by atoms with Gasteiger partial charge in [-0.3, -0.25) is 4.79 Å². The molecular formula is C9H8N2O2S. The van der Waals surface area contributed by atoms with E-state index in [1.807, 2.05) is 5.38 Å². The maximum absolute atomic E-state index is 11.4. The minimum atomic E-state index is -0.219. The molecule has 2 aromatic heterocycles. The number of nitrogens with zero attached hydrogens (tertiary/aromatic N) is 1. The molecule has 0 saturated heterocycles. The van der Waals surface area contributed by atoms with Gasteiger partial charge in [0.05, 0.1) is 24.0 Å². The molecule has 2 rings (SSSR count). The molecule has 5 heteroatoms. The number of carbonyl (C=O) groups excluding carboxylic acids is 1. The summed E-state index contributed by atoms with van der Waals surface area (Å²) in [5.41, 5.74) is 2.59. The Bertz CT molecular complexity index is 394. The van der Waals surface area contributed by atoms with Crippen molar-refractivity contribution in [3.63, 3.8) is 0 Å². The largest absolute Gasteiger partial charge is 0.459 e. The van der Waals surface area contributed by atoms with E-state index in [1.54, 1.807) is 17.6 Å². The van der Waals surface area contributed by atoms with E-state index >= 15 is 0 Å². The molecule has 0 spiro atoms. The number of rotatable bonds is 3. The molecule has 0 fully saturated rings. The highest BCUT2D eigenvalue weighted by molar-refractivity contribution is 7.07. The second-order valence-corrected chi connectivity index (χ2v) is 3.36. The van der Waals surface area contributed by atoms with Crippen LogP contribution in [0.2, 0.25) is 0 Å². The van der Waals surface area contributed by atoms with Gasteiger partial charge in [0, 0.05) is 5.38 Å². The van der Waals surface area contributed by atoms with Gasteiger partial charge in [0.2, 0.25) is 0 Å². The Morgan fingerprint density at radius 3 is 3.21 bits per heavy atom. The van der Waals surface area contributed by atoms with E-state index in [4.69, 9.17) is 4.42 Å². The summed E-state index contributed by atoms with van der Waals surface area (Å²) in [7, 11) is 0. The zero-order valence-corrected chi connectivity index (χ0v) is 8.08. The molecule has 1 N–H and O–H groups in total. The van der Waals surface area contributed by atoms with Crippen molar-refractivity contribution in [1.82, 2.24) is 10.3 Å². The van der Waals surface area contributed by atoms with Gasteiger partial charge in [-0.15, -0.1) is 11.3 Å². The molecule has 0 atom stereocenters. The van der Waals surface area contributed by atoms with Gasteiger partial charge in [-0.25, -0.2) is 4.98 Å². The minimum absolute atomic E-state index is 0.219. The number of thiazole rings is 1. The van der Waals surface area contributed by atoms with Crippen LogP contribution in [-0.2, 0) is 6.54 Å². The highest BCUT2D eigenvalue weighted by Crippen LogP contribution is 2.02. The third kappa shape index (κ3) is 2.00. The van der Waals surface area contributed by atoms with E-state index in [2.05, 4.69) is 10.3 Å². The quantitative estimate of drug-likeness (QED) is 0.834. The molecular weight excluding hydrogens is 200 g/mol. The van der Waals surface area contributed by atoms with Crippen molar-refractivity contribution < 1.29 is 9.21 Å². The third-order valence-electron chi connectivity index (χ3n) is 1.66. The van der Waals surface area contributed by atoms with Gasteiger partial charge in [0.25, 0.3) is 5.91 Å². The summed E-state index contributed by atoms with van der Waals surface area (Å²) in [5.74, 6) is 0.100. The number of amides is 1. The SMILES string of the molecule is O=C(NCc1cscn1)c1ccco1. The van der Waals surface area contributed by atoms with Crippen molar-refractivity contribution in [1.29, 1.82) is 0 Å². The maximum atomic E-state index is 11.4. The molecule has 1 amide bonds. The summed E-state index contributed by atoms with van der Waals surface area (Å²) in [4.78, 5) is 15.4. The normalized spacial score (nSPS) is 10.0. The Balaban J connectivity index is 1.90. The van der Waals surface area contributed by atoms with Gasteiger partial charge in [0.1, 0.15) is 0 Å². The van der Waals surface area contributed by atoms with E-state index in [-0.39, 0.29) is 5.91 Å². The van der Waals surface area contributed by atoms with Crippen molar-refractivity contribution in [2.75, 3.05) is 0 Å². The number of furan rings is 1. The molecule has 0 bridgehead atoms. The highest BCUT2D eigenvalue weighted by Gasteiger charge is 2.07. The van der Waals surface area contributed by atoms with Crippen molar-refractivity contribution in [2.45, 2.75) is 6.54 Å². The van der Waals surface area contributed by atoms with Crippen LogP contribution >= 0.6 is 11.3 Å². The lowest BCUT2D eigenvalue weighted by atomic mass is 10.4. The van der Waals surface area contributed by atoms with Crippen molar-refractivity contribution in [2.24, 2.45) is 0 Å². The third-order valence-corrected chi connectivity index (χ3v) is 2.29. The Morgan fingerprint density at radius 2 is 2.57 bits per heavy atom. The molecule has 14 heavy (non-hydrogen) atoms. The van der Waals surface area contributed by atoms with Gasteiger partial charge in [-0.05, 0) is 12.1 Å². The van der Waals surface area contributed by atoms with E-state index < -0.39 is 0 Å². The monoisotopic (exact) mass is 208 g/mol. The molecule has 72 valence electrons. The van der Waals surface area contributed by atoms with Gasteiger partial charge in [0.15, 0.2) is 5.76 Å². The van der Waals surface area contributed by atoms with Gasteiger partial charge < -0.3 is 9.73 Å². The average Bonchev–Trinajstić information content (AvgIpc) is 2.87. The second kappa shape index (κ2) is 4.06. The van der Waals surface area contributed by atoms with E-state index in [9.17, 15) is 4.79 Å². The first-order chi connectivity index (χ1) is 6.86. The summed E-state index contributed by atoms with van der Waals surface area (Å²) in [6.07, 6.45) is 1.47. The summed E-state index contributed by atoms with van der Waals surface area (Å²) >= 11 is 1.50. The molecule has 0 aliphatic heterocycles. The molecule has 2 aromatic rings. The topological polar surface area (TPSA) is 55.1 Å². The molecule has 0 radical (unpaired) electrons. The first-order valence-electron chi connectivity index (χ1n) is 4.05. The Labute approximate surface area is 84.6 Å². The molecule has 4 nitrogen and oxygen atoms in total. The highest BCUT2D eigenvalue weighted by atomic mass is 32.1. The first-order valence-corrected chi connectivity index (χ1v) is 4.99. The van der Waals surface area contributed by atoms with Crippen LogP contribution < -0.4 is 5.32 Å². The van der Waals surface area contributed by atoms with Crippen LogP contribution in [0.5, 0.6) is 0 Å². The Morgan fingerprint density at radius 1 is 1.64 bits per heavy atom. The number of hydrogen-bond donors (Lipinski definition) is 1. The summed E-state index contributed by atoms with van der Waals surface area (Å²) < 4.78 is 4.94. The summed E-state index contributed by atoms with van der Waals surface area (Å²) in [6, 6.07) is 3.30. The molecule has 0 aromatic carbocycles. The van der Waals surface area contributed by atoms with Crippen molar-refractivity contribution >= 4 is 17.2 Å². The number of nitrogens with one attached hydrogen (secondary N) is 1. The van der Waals surface area contributed by atoms with Crippen LogP contribution in [0.25, 0.3) is 0 Å². The predicted octanol–water partition coefficient (Wildman–Crippen LogP) is 1.67. The number of hydrogen-bond acceptors (Lipinski definition) is 4. The van der Waals surface area contributed by atoms with E-state index in [0.717, 1.165) is 5.69 Å². The lowest BCUT2D eigenvalue weighted by Crippen LogP contribution is -2.22. The zero-order chi connectivity index (χ0) is 9.80. The minimum Gasteiger partial charge on any atom is -0.459 e. The van der Waals surface area contributed by atoms with Crippen LogP contribution in [0.15, 0.2) is 33.7 Å². The van der Waals surface area contributed by atoms with Crippen molar-refractivity contribution in [3.8, 4) is 0 Å². The smallest absolute Gasteiger partial charge is 0.287 e.